The number of aryl methyl sites for hydroxylation is 1. The van der Waals surface area contributed by atoms with Crippen molar-refractivity contribution >= 4 is 11.7 Å². The molecule has 2 N–H and O–H groups in total. The van der Waals surface area contributed by atoms with E-state index < -0.39 is 5.82 Å². The number of amides is 2. The molecule has 0 radical (unpaired) electrons. The number of aliphatic hydroxyl groups is 1. The van der Waals surface area contributed by atoms with Gasteiger partial charge in [0.1, 0.15) is 5.82 Å². The van der Waals surface area contributed by atoms with Gasteiger partial charge in [0.15, 0.2) is 0 Å². The third-order valence-electron chi connectivity index (χ3n) is 3.93. The number of nitrogens with one attached hydrogen (secondary N) is 1. The third kappa shape index (κ3) is 3.10. The minimum Gasteiger partial charge on any atom is -0.394 e. The number of anilines is 1. The van der Waals surface area contributed by atoms with Crippen molar-refractivity contribution in [3.63, 3.8) is 0 Å². The summed E-state index contributed by atoms with van der Waals surface area (Å²) in [5.41, 5.74) is 0.982. The largest absolute Gasteiger partial charge is 0.394 e. The lowest BCUT2D eigenvalue weighted by molar-refractivity contribution is 0.0811. The van der Waals surface area contributed by atoms with Crippen LogP contribution >= 0.6 is 0 Å². The Bertz CT molecular complexity index is 493. The van der Waals surface area contributed by atoms with Gasteiger partial charge < -0.3 is 15.3 Å². The monoisotopic (exact) mass is 280 g/mol. The molecule has 2 atom stereocenters. The van der Waals surface area contributed by atoms with Crippen LogP contribution in [0.2, 0.25) is 0 Å². The van der Waals surface area contributed by atoms with Crippen molar-refractivity contribution in [1.82, 2.24) is 4.90 Å². The summed E-state index contributed by atoms with van der Waals surface area (Å²) >= 11 is 0. The highest BCUT2D eigenvalue weighted by molar-refractivity contribution is 5.89. The number of piperidine rings is 1. The molecule has 5 heteroatoms. The number of hydrogen-bond donors (Lipinski definition) is 2. The molecule has 0 aliphatic carbocycles. The second-order valence-electron chi connectivity index (χ2n) is 5.48. The maximum atomic E-state index is 13.8. The topological polar surface area (TPSA) is 52.6 Å². The minimum absolute atomic E-state index is 0.0645. The van der Waals surface area contributed by atoms with E-state index >= 15 is 0 Å². The molecular weight excluding hydrogens is 259 g/mol. The van der Waals surface area contributed by atoms with E-state index in [1.807, 2.05) is 6.92 Å². The third-order valence-corrected chi connectivity index (χ3v) is 3.93. The van der Waals surface area contributed by atoms with Gasteiger partial charge in [0.2, 0.25) is 0 Å². The molecule has 0 spiro atoms. The number of benzene rings is 1. The van der Waals surface area contributed by atoms with Crippen molar-refractivity contribution in [1.29, 1.82) is 0 Å². The molecule has 0 saturated carbocycles. The number of halogens is 1. The zero-order valence-electron chi connectivity index (χ0n) is 11.9. The van der Waals surface area contributed by atoms with Crippen LogP contribution in [0.1, 0.15) is 25.3 Å². The fourth-order valence-corrected chi connectivity index (χ4v) is 2.69. The Balaban J connectivity index is 2.10. The van der Waals surface area contributed by atoms with Crippen LogP contribution in [0, 0.1) is 18.7 Å². The smallest absolute Gasteiger partial charge is 0.322 e. The minimum atomic E-state index is -0.441. The first-order valence-electron chi connectivity index (χ1n) is 6.97. The van der Waals surface area contributed by atoms with Gasteiger partial charge in [-0.2, -0.15) is 0 Å². The van der Waals surface area contributed by atoms with Crippen LogP contribution in [0.5, 0.6) is 0 Å². The molecule has 1 aliphatic rings. The summed E-state index contributed by atoms with van der Waals surface area (Å²) in [5, 5.41) is 12.0. The van der Waals surface area contributed by atoms with Gasteiger partial charge in [-0.15, -0.1) is 0 Å². The lowest BCUT2D eigenvalue weighted by atomic mass is 9.91. The zero-order chi connectivity index (χ0) is 14.7. The summed E-state index contributed by atoms with van der Waals surface area (Å²) in [6.07, 6.45) is 1.90. The van der Waals surface area contributed by atoms with Gasteiger partial charge in [-0.1, -0.05) is 13.0 Å². The predicted octanol–water partition coefficient (Wildman–Crippen LogP) is 2.76. The molecule has 1 fully saturated rings. The Kier molecular flexibility index (Phi) is 4.60. The first kappa shape index (κ1) is 14.8. The van der Waals surface area contributed by atoms with Crippen molar-refractivity contribution in [2.24, 2.45) is 5.92 Å². The molecule has 1 saturated heterocycles. The lowest BCUT2D eigenvalue weighted by Crippen LogP contribution is -2.51. The standard InChI is InChI=1S/C15H21FN2O2/c1-10-5-6-13(12(16)8-10)17-15(20)18-7-3-4-11(2)14(18)9-19/h5-6,8,11,14,19H,3-4,7,9H2,1-2H3,(H,17,20). The van der Waals surface area contributed by atoms with E-state index in [2.05, 4.69) is 5.32 Å². The molecule has 1 heterocycles. The van der Waals surface area contributed by atoms with E-state index in [1.165, 1.54) is 6.07 Å². The Morgan fingerprint density at radius 1 is 1.55 bits per heavy atom. The molecule has 0 aromatic heterocycles. The van der Waals surface area contributed by atoms with E-state index in [9.17, 15) is 14.3 Å². The van der Waals surface area contributed by atoms with E-state index in [0.29, 0.717) is 6.54 Å². The van der Waals surface area contributed by atoms with Gasteiger partial charge >= 0.3 is 6.03 Å². The number of aliphatic hydroxyl groups excluding tert-OH is 1. The number of urea groups is 1. The van der Waals surface area contributed by atoms with Crippen LogP contribution in [0.15, 0.2) is 18.2 Å². The average Bonchev–Trinajstić information content (AvgIpc) is 2.41. The molecule has 0 bridgehead atoms. The number of hydrogen-bond acceptors (Lipinski definition) is 2. The molecule has 20 heavy (non-hydrogen) atoms. The van der Waals surface area contributed by atoms with Crippen molar-refractivity contribution in [3.8, 4) is 0 Å². The van der Waals surface area contributed by atoms with Crippen molar-refractivity contribution in [2.45, 2.75) is 32.7 Å². The normalized spacial score (nSPS) is 22.7. The highest BCUT2D eigenvalue weighted by atomic mass is 19.1. The number of nitrogens with zero attached hydrogens (tertiary/aromatic N) is 1. The first-order valence-corrected chi connectivity index (χ1v) is 6.97. The van der Waals surface area contributed by atoms with Gasteiger partial charge in [-0.25, -0.2) is 9.18 Å². The van der Waals surface area contributed by atoms with E-state index in [4.69, 9.17) is 0 Å². The van der Waals surface area contributed by atoms with Gasteiger partial charge in [0, 0.05) is 6.54 Å². The molecule has 1 aromatic carbocycles. The van der Waals surface area contributed by atoms with Crippen LogP contribution in [0.25, 0.3) is 0 Å². The van der Waals surface area contributed by atoms with Gasteiger partial charge in [-0.05, 0) is 43.4 Å². The summed E-state index contributed by atoms with van der Waals surface area (Å²) in [4.78, 5) is 13.9. The van der Waals surface area contributed by atoms with Crippen LogP contribution < -0.4 is 5.32 Å². The van der Waals surface area contributed by atoms with Crippen molar-refractivity contribution in [3.05, 3.63) is 29.6 Å². The van der Waals surface area contributed by atoms with E-state index in [-0.39, 0.29) is 30.3 Å². The summed E-state index contributed by atoms with van der Waals surface area (Å²) in [6.45, 7) is 4.34. The highest BCUT2D eigenvalue weighted by Crippen LogP contribution is 2.24. The summed E-state index contributed by atoms with van der Waals surface area (Å²) in [7, 11) is 0. The van der Waals surface area contributed by atoms with E-state index in [1.54, 1.807) is 24.0 Å². The summed E-state index contributed by atoms with van der Waals surface area (Å²) < 4.78 is 13.8. The van der Waals surface area contributed by atoms with Crippen molar-refractivity contribution < 1.29 is 14.3 Å². The van der Waals surface area contributed by atoms with Crippen LogP contribution in [-0.2, 0) is 0 Å². The SMILES string of the molecule is Cc1ccc(NC(=O)N2CCCC(C)C2CO)c(F)c1. The predicted molar refractivity (Wildman–Crippen MR) is 76.1 cm³/mol. The Morgan fingerprint density at radius 2 is 2.30 bits per heavy atom. The molecule has 2 amide bonds. The van der Waals surface area contributed by atoms with Crippen molar-refractivity contribution in [2.75, 3.05) is 18.5 Å². The maximum absolute atomic E-state index is 13.8. The first-order chi connectivity index (χ1) is 9.52. The number of carbonyl (C=O) groups is 1. The Hall–Kier alpha value is -1.62. The lowest BCUT2D eigenvalue weighted by Gasteiger charge is -2.38. The molecular formula is C15H21FN2O2. The molecule has 2 unspecified atom stereocenters. The van der Waals surface area contributed by atoms with Gasteiger partial charge in [0.25, 0.3) is 0 Å². The summed E-state index contributed by atoms with van der Waals surface area (Å²) in [5.74, 6) is -0.189. The van der Waals surface area contributed by atoms with Crippen LogP contribution in [0.3, 0.4) is 0 Å². The molecule has 1 aliphatic heterocycles. The Labute approximate surface area is 118 Å². The van der Waals surface area contributed by atoms with Gasteiger partial charge in [-0.3, -0.25) is 0 Å². The zero-order valence-corrected chi connectivity index (χ0v) is 11.9. The van der Waals surface area contributed by atoms with E-state index in [0.717, 1.165) is 18.4 Å². The fraction of sp³-hybridized carbons (Fsp3) is 0.533. The van der Waals surface area contributed by atoms with Crippen LogP contribution in [-0.4, -0.2) is 35.2 Å². The average molecular weight is 280 g/mol. The fourth-order valence-electron chi connectivity index (χ4n) is 2.69. The van der Waals surface area contributed by atoms with Crippen LogP contribution in [0.4, 0.5) is 14.9 Å². The molecule has 4 nitrogen and oxygen atoms in total. The maximum Gasteiger partial charge on any atom is 0.322 e. The second kappa shape index (κ2) is 6.22. The number of rotatable bonds is 2. The highest BCUT2D eigenvalue weighted by Gasteiger charge is 2.31. The number of likely N-dealkylation sites (tertiary alicyclic amines) is 1. The number of carbonyl (C=O) groups excluding carboxylic acids is 1. The molecule has 1 aromatic rings. The second-order valence-corrected chi connectivity index (χ2v) is 5.48. The quantitative estimate of drug-likeness (QED) is 0.875. The van der Waals surface area contributed by atoms with Gasteiger partial charge in [0.05, 0.1) is 18.3 Å². The summed E-state index contributed by atoms with van der Waals surface area (Å²) in [6, 6.07) is 4.15. The molecule has 110 valence electrons. The Morgan fingerprint density at radius 3 is 2.95 bits per heavy atom. The molecule has 2 rings (SSSR count).